The lowest BCUT2D eigenvalue weighted by atomic mass is 10.1. The molecule has 2 aromatic carbocycles. The lowest BCUT2D eigenvalue weighted by Crippen LogP contribution is -2.09. The van der Waals surface area contributed by atoms with Crippen molar-refractivity contribution in [3.63, 3.8) is 0 Å². The third kappa shape index (κ3) is 3.93. The fourth-order valence-electron chi connectivity index (χ4n) is 1.61. The molecule has 4 heteroatoms. The van der Waals surface area contributed by atoms with Gasteiger partial charge in [0, 0.05) is 11.1 Å². The molecule has 0 unspecified atom stereocenters. The van der Waals surface area contributed by atoms with Crippen LogP contribution in [0.2, 0.25) is 5.02 Å². The average Bonchev–Trinajstić information content (AvgIpc) is 2.41. The van der Waals surface area contributed by atoms with Crippen LogP contribution < -0.4 is 5.32 Å². The van der Waals surface area contributed by atoms with Gasteiger partial charge in [-0.2, -0.15) is 0 Å². The Balaban J connectivity index is 2.03. The third-order valence-corrected chi connectivity index (χ3v) is 2.93. The van der Waals surface area contributed by atoms with Crippen molar-refractivity contribution in [1.29, 1.82) is 0 Å². The van der Waals surface area contributed by atoms with E-state index in [1.165, 1.54) is 18.2 Å². The first-order valence-electron chi connectivity index (χ1n) is 6.05. The molecular weight excluding hydrogens is 277 g/mol. The van der Waals surface area contributed by atoms with Gasteiger partial charge >= 0.3 is 0 Å². The number of rotatable bonds is 3. The molecule has 1 amide bonds. The van der Waals surface area contributed by atoms with Crippen LogP contribution >= 0.6 is 11.6 Å². The molecule has 0 bridgehead atoms. The molecule has 102 valence electrons. The van der Waals surface area contributed by atoms with Crippen LogP contribution in [0, 0.1) is 12.7 Å². The molecular formula is C16H13ClFNO. The SMILES string of the molecule is Cc1ccc(/C=C/C(=O)Nc2ccc(Cl)cc2F)cc1. The molecule has 0 aromatic heterocycles. The summed E-state index contributed by atoms with van der Waals surface area (Å²) in [6, 6.07) is 11.8. The Morgan fingerprint density at radius 2 is 1.90 bits per heavy atom. The van der Waals surface area contributed by atoms with Gasteiger partial charge in [-0.1, -0.05) is 41.4 Å². The topological polar surface area (TPSA) is 29.1 Å². The van der Waals surface area contributed by atoms with Crippen molar-refractivity contribution in [2.45, 2.75) is 6.92 Å². The highest BCUT2D eigenvalue weighted by molar-refractivity contribution is 6.30. The number of hydrogen-bond donors (Lipinski definition) is 1. The number of aryl methyl sites for hydroxylation is 1. The second-order valence-corrected chi connectivity index (χ2v) is 4.79. The molecule has 0 saturated heterocycles. The van der Waals surface area contributed by atoms with Gasteiger partial charge < -0.3 is 5.32 Å². The van der Waals surface area contributed by atoms with Crippen LogP contribution in [0.4, 0.5) is 10.1 Å². The van der Waals surface area contributed by atoms with Gasteiger partial charge in [-0.25, -0.2) is 4.39 Å². The molecule has 20 heavy (non-hydrogen) atoms. The Kier molecular flexibility index (Phi) is 4.53. The smallest absolute Gasteiger partial charge is 0.248 e. The number of carbonyl (C=O) groups excluding carboxylic acids is 1. The average molecular weight is 290 g/mol. The molecule has 0 atom stereocenters. The van der Waals surface area contributed by atoms with E-state index in [0.717, 1.165) is 17.2 Å². The molecule has 0 spiro atoms. The minimum Gasteiger partial charge on any atom is -0.320 e. The summed E-state index contributed by atoms with van der Waals surface area (Å²) in [6.45, 7) is 1.99. The summed E-state index contributed by atoms with van der Waals surface area (Å²) in [4.78, 5) is 11.7. The van der Waals surface area contributed by atoms with Crippen molar-refractivity contribution in [3.05, 3.63) is 70.5 Å². The first kappa shape index (κ1) is 14.3. The van der Waals surface area contributed by atoms with Gasteiger partial charge in [0.1, 0.15) is 5.82 Å². The van der Waals surface area contributed by atoms with Crippen molar-refractivity contribution in [2.75, 3.05) is 5.32 Å². The van der Waals surface area contributed by atoms with Crippen molar-refractivity contribution in [3.8, 4) is 0 Å². The summed E-state index contributed by atoms with van der Waals surface area (Å²) < 4.78 is 13.5. The van der Waals surface area contributed by atoms with Crippen LogP contribution in [0.15, 0.2) is 48.5 Å². The highest BCUT2D eigenvalue weighted by Crippen LogP contribution is 2.18. The quantitative estimate of drug-likeness (QED) is 0.832. The second kappa shape index (κ2) is 6.35. The van der Waals surface area contributed by atoms with E-state index in [-0.39, 0.29) is 10.7 Å². The second-order valence-electron chi connectivity index (χ2n) is 4.36. The standard InChI is InChI=1S/C16H13ClFNO/c1-11-2-4-12(5-3-11)6-9-16(20)19-15-8-7-13(17)10-14(15)18/h2-10H,1H3,(H,19,20)/b9-6+. The van der Waals surface area contributed by atoms with Gasteiger partial charge in [-0.3, -0.25) is 4.79 Å². The monoisotopic (exact) mass is 289 g/mol. The van der Waals surface area contributed by atoms with E-state index < -0.39 is 11.7 Å². The maximum absolute atomic E-state index is 13.5. The molecule has 2 aromatic rings. The number of amides is 1. The van der Waals surface area contributed by atoms with E-state index in [4.69, 9.17) is 11.6 Å². The van der Waals surface area contributed by atoms with Crippen molar-refractivity contribution >= 4 is 29.3 Å². The summed E-state index contributed by atoms with van der Waals surface area (Å²) in [5, 5.41) is 2.75. The van der Waals surface area contributed by atoms with Gasteiger partial charge in [0.2, 0.25) is 5.91 Å². The molecule has 0 aliphatic carbocycles. The lowest BCUT2D eigenvalue weighted by molar-refractivity contribution is -0.111. The summed E-state index contributed by atoms with van der Waals surface area (Å²) in [6.07, 6.45) is 3.03. The molecule has 0 aliphatic heterocycles. The number of halogens is 2. The number of hydrogen-bond acceptors (Lipinski definition) is 1. The first-order chi connectivity index (χ1) is 9.54. The maximum Gasteiger partial charge on any atom is 0.248 e. The number of benzene rings is 2. The maximum atomic E-state index is 13.5. The highest BCUT2D eigenvalue weighted by atomic mass is 35.5. The van der Waals surface area contributed by atoms with Gasteiger partial charge in [0.25, 0.3) is 0 Å². The van der Waals surface area contributed by atoms with Crippen molar-refractivity contribution in [2.24, 2.45) is 0 Å². The Hall–Kier alpha value is -2.13. The van der Waals surface area contributed by atoms with Crippen LogP contribution in [-0.4, -0.2) is 5.91 Å². The van der Waals surface area contributed by atoms with Crippen molar-refractivity contribution < 1.29 is 9.18 Å². The Labute approximate surface area is 121 Å². The molecule has 1 N–H and O–H groups in total. The van der Waals surface area contributed by atoms with E-state index in [2.05, 4.69) is 5.32 Å². The largest absolute Gasteiger partial charge is 0.320 e. The molecule has 0 heterocycles. The zero-order valence-corrected chi connectivity index (χ0v) is 11.6. The fraction of sp³-hybridized carbons (Fsp3) is 0.0625. The lowest BCUT2D eigenvalue weighted by Gasteiger charge is -2.03. The van der Waals surface area contributed by atoms with E-state index in [1.54, 1.807) is 6.08 Å². The fourth-order valence-corrected chi connectivity index (χ4v) is 1.77. The van der Waals surface area contributed by atoms with E-state index in [0.29, 0.717) is 0 Å². The molecule has 0 aliphatic rings. The van der Waals surface area contributed by atoms with Crippen LogP contribution in [0.1, 0.15) is 11.1 Å². The summed E-state index contributed by atoms with van der Waals surface area (Å²) in [7, 11) is 0. The van der Waals surface area contributed by atoms with Crippen molar-refractivity contribution in [1.82, 2.24) is 0 Å². The third-order valence-electron chi connectivity index (χ3n) is 2.69. The minimum atomic E-state index is -0.561. The first-order valence-corrected chi connectivity index (χ1v) is 6.43. The van der Waals surface area contributed by atoms with Crippen LogP contribution in [0.5, 0.6) is 0 Å². The van der Waals surface area contributed by atoms with Crippen LogP contribution in [0.25, 0.3) is 6.08 Å². The normalized spacial score (nSPS) is 10.8. The summed E-state index contributed by atoms with van der Waals surface area (Å²) in [5.74, 6) is -0.957. The number of nitrogens with one attached hydrogen (secondary N) is 1. The Morgan fingerprint density at radius 3 is 2.55 bits per heavy atom. The molecule has 0 radical (unpaired) electrons. The molecule has 2 nitrogen and oxygen atoms in total. The minimum absolute atomic E-state index is 0.105. The number of anilines is 1. The predicted molar refractivity (Wildman–Crippen MR) is 80.3 cm³/mol. The molecule has 0 saturated carbocycles. The van der Waals surface area contributed by atoms with E-state index >= 15 is 0 Å². The zero-order valence-electron chi connectivity index (χ0n) is 10.9. The van der Waals surface area contributed by atoms with Gasteiger partial charge in [-0.05, 0) is 36.8 Å². The summed E-state index contributed by atoms with van der Waals surface area (Å²) >= 11 is 5.64. The van der Waals surface area contributed by atoms with Gasteiger partial charge in [0.05, 0.1) is 5.69 Å². The molecule has 0 fully saturated rings. The van der Waals surface area contributed by atoms with E-state index in [1.807, 2.05) is 31.2 Å². The summed E-state index contributed by atoms with van der Waals surface area (Å²) in [5.41, 5.74) is 2.16. The van der Waals surface area contributed by atoms with Crippen LogP contribution in [0.3, 0.4) is 0 Å². The van der Waals surface area contributed by atoms with Crippen LogP contribution in [-0.2, 0) is 4.79 Å². The van der Waals surface area contributed by atoms with E-state index in [9.17, 15) is 9.18 Å². The highest BCUT2D eigenvalue weighted by Gasteiger charge is 2.04. The predicted octanol–water partition coefficient (Wildman–Crippen LogP) is 4.44. The molecule has 2 rings (SSSR count). The Bertz CT molecular complexity index is 650. The van der Waals surface area contributed by atoms with Gasteiger partial charge in [0.15, 0.2) is 0 Å². The number of carbonyl (C=O) groups is 1. The Morgan fingerprint density at radius 1 is 1.20 bits per heavy atom. The zero-order chi connectivity index (χ0) is 14.5. The van der Waals surface area contributed by atoms with Gasteiger partial charge in [-0.15, -0.1) is 0 Å².